The molecule has 0 aliphatic rings. The van der Waals surface area contributed by atoms with Crippen molar-refractivity contribution in [2.24, 2.45) is 0 Å². The quantitative estimate of drug-likeness (QED) is 0.807. The van der Waals surface area contributed by atoms with Gasteiger partial charge in [-0.1, -0.05) is 17.7 Å². The van der Waals surface area contributed by atoms with E-state index in [1.807, 2.05) is 0 Å². The van der Waals surface area contributed by atoms with Gasteiger partial charge in [0.1, 0.15) is 5.82 Å². The molecule has 6 nitrogen and oxygen atoms in total. The summed E-state index contributed by atoms with van der Waals surface area (Å²) in [5.74, 6) is -0.959. The van der Waals surface area contributed by atoms with Crippen LogP contribution in [0.4, 0.5) is 17.2 Å². The second-order valence-electron chi connectivity index (χ2n) is 4.24. The zero-order valence-corrected chi connectivity index (χ0v) is 11.8. The van der Waals surface area contributed by atoms with Crippen molar-refractivity contribution >= 4 is 40.7 Å². The Morgan fingerprint density at radius 2 is 1.95 bits per heavy atom. The van der Waals surface area contributed by atoms with Crippen LogP contribution in [-0.2, 0) is 4.79 Å². The van der Waals surface area contributed by atoms with E-state index in [4.69, 9.17) is 16.7 Å². The van der Waals surface area contributed by atoms with Crippen LogP contribution in [-0.4, -0.2) is 22.0 Å². The van der Waals surface area contributed by atoms with E-state index in [0.29, 0.717) is 17.2 Å². The van der Waals surface area contributed by atoms with Crippen molar-refractivity contribution in [1.82, 2.24) is 4.98 Å². The van der Waals surface area contributed by atoms with Crippen LogP contribution in [0.2, 0.25) is 5.02 Å². The third-order valence-corrected chi connectivity index (χ3v) is 2.84. The number of carbonyl (C=O) groups excluding carboxylic acids is 1. The average Bonchev–Trinajstić information content (AvgIpc) is 2.40. The molecule has 0 bridgehead atoms. The topological polar surface area (TPSA) is 91.3 Å². The maximum atomic E-state index is 11.0. The molecule has 0 fully saturated rings. The molecule has 0 spiro atoms. The number of aromatic nitrogens is 1. The Labute approximate surface area is 125 Å². The number of hydrogen-bond donors (Lipinski definition) is 3. The first kappa shape index (κ1) is 14.8. The Kier molecular flexibility index (Phi) is 4.39. The van der Waals surface area contributed by atoms with Gasteiger partial charge in [-0.3, -0.25) is 4.79 Å². The fourth-order valence-corrected chi connectivity index (χ4v) is 1.88. The van der Waals surface area contributed by atoms with Crippen molar-refractivity contribution in [3.05, 3.63) is 47.1 Å². The first-order valence-electron chi connectivity index (χ1n) is 5.99. The van der Waals surface area contributed by atoms with Gasteiger partial charge in [0.05, 0.1) is 10.6 Å². The summed E-state index contributed by atoms with van der Waals surface area (Å²) in [6, 6.07) is 8.31. The van der Waals surface area contributed by atoms with Gasteiger partial charge in [0, 0.05) is 24.5 Å². The first-order chi connectivity index (χ1) is 9.95. The lowest BCUT2D eigenvalue weighted by molar-refractivity contribution is -0.114. The van der Waals surface area contributed by atoms with Gasteiger partial charge >= 0.3 is 5.97 Å². The molecule has 21 heavy (non-hydrogen) atoms. The summed E-state index contributed by atoms with van der Waals surface area (Å²) < 4.78 is 0. The fraction of sp³-hybridized carbons (Fsp3) is 0.0714. The molecule has 0 radical (unpaired) electrons. The summed E-state index contributed by atoms with van der Waals surface area (Å²) >= 11 is 5.76. The summed E-state index contributed by atoms with van der Waals surface area (Å²) in [7, 11) is 0. The van der Waals surface area contributed by atoms with Gasteiger partial charge in [0.2, 0.25) is 5.91 Å². The number of benzene rings is 1. The van der Waals surface area contributed by atoms with Crippen LogP contribution >= 0.6 is 11.6 Å². The second kappa shape index (κ2) is 6.23. The van der Waals surface area contributed by atoms with Crippen molar-refractivity contribution in [2.45, 2.75) is 6.92 Å². The van der Waals surface area contributed by atoms with Crippen LogP contribution < -0.4 is 10.6 Å². The molecule has 0 aliphatic heterocycles. The summed E-state index contributed by atoms with van der Waals surface area (Å²) in [5.41, 5.74) is 1.25. The summed E-state index contributed by atoms with van der Waals surface area (Å²) in [5, 5.41) is 14.7. The Morgan fingerprint density at radius 3 is 2.62 bits per heavy atom. The SMILES string of the molecule is CC(=O)Nc1cccc(Nc2cc(C(=O)O)c(Cl)cn2)c1. The second-order valence-corrected chi connectivity index (χ2v) is 4.65. The fourth-order valence-electron chi connectivity index (χ4n) is 1.70. The number of hydrogen-bond acceptors (Lipinski definition) is 4. The maximum Gasteiger partial charge on any atom is 0.337 e. The molecular weight excluding hydrogens is 294 g/mol. The monoisotopic (exact) mass is 305 g/mol. The molecular formula is C14H12ClN3O3. The van der Waals surface area contributed by atoms with Gasteiger partial charge in [0.25, 0.3) is 0 Å². The van der Waals surface area contributed by atoms with Crippen LogP contribution in [0.1, 0.15) is 17.3 Å². The highest BCUT2D eigenvalue weighted by Gasteiger charge is 2.10. The Bertz CT molecular complexity index is 704. The Balaban J connectivity index is 2.24. The number of carboxylic acids is 1. The minimum Gasteiger partial charge on any atom is -0.478 e. The number of rotatable bonds is 4. The number of nitrogens with one attached hydrogen (secondary N) is 2. The van der Waals surface area contributed by atoms with Crippen molar-refractivity contribution in [3.63, 3.8) is 0 Å². The van der Waals surface area contributed by atoms with Gasteiger partial charge in [0.15, 0.2) is 0 Å². The van der Waals surface area contributed by atoms with E-state index in [0.717, 1.165) is 0 Å². The van der Waals surface area contributed by atoms with E-state index in [-0.39, 0.29) is 16.5 Å². The molecule has 1 heterocycles. The van der Waals surface area contributed by atoms with E-state index in [1.54, 1.807) is 24.3 Å². The molecule has 7 heteroatoms. The normalized spacial score (nSPS) is 10.0. The standard InChI is InChI=1S/C14H12ClN3O3/c1-8(19)17-9-3-2-4-10(5-9)18-13-6-11(14(20)21)12(15)7-16-13/h2-7H,1H3,(H,16,18)(H,17,19)(H,20,21). The first-order valence-corrected chi connectivity index (χ1v) is 6.37. The van der Waals surface area contributed by atoms with Crippen LogP contribution in [0.3, 0.4) is 0 Å². The van der Waals surface area contributed by atoms with Gasteiger partial charge in [-0.15, -0.1) is 0 Å². The molecule has 0 aliphatic carbocycles. The molecule has 108 valence electrons. The predicted octanol–water partition coefficient (Wildman–Crippen LogP) is 3.14. The Hall–Kier alpha value is -2.60. The molecule has 0 saturated carbocycles. The predicted molar refractivity (Wildman–Crippen MR) is 80.2 cm³/mol. The number of pyridine rings is 1. The lowest BCUT2D eigenvalue weighted by Crippen LogP contribution is -2.06. The van der Waals surface area contributed by atoms with Gasteiger partial charge in [-0.05, 0) is 24.3 Å². The minimum atomic E-state index is -1.13. The number of anilines is 3. The van der Waals surface area contributed by atoms with Crippen LogP contribution in [0.25, 0.3) is 0 Å². The minimum absolute atomic E-state index is 0.0350. The summed E-state index contributed by atoms with van der Waals surface area (Å²) in [4.78, 5) is 26.0. The zero-order valence-electron chi connectivity index (χ0n) is 11.1. The van der Waals surface area contributed by atoms with Crippen LogP contribution in [0, 0.1) is 0 Å². The van der Waals surface area contributed by atoms with Gasteiger partial charge in [-0.25, -0.2) is 9.78 Å². The van der Waals surface area contributed by atoms with Crippen molar-refractivity contribution in [3.8, 4) is 0 Å². The molecule has 1 amide bonds. The molecule has 0 saturated heterocycles. The van der Waals surface area contributed by atoms with Crippen LogP contribution in [0.15, 0.2) is 36.5 Å². The van der Waals surface area contributed by atoms with E-state index < -0.39 is 5.97 Å². The lowest BCUT2D eigenvalue weighted by atomic mass is 10.2. The third kappa shape index (κ3) is 3.93. The third-order valence-electron chi connectivity index (χ3n) is 2.54. The molecule has 2 aromatic rings. The van der Waals surface area contributed by atoms with E-state index in [2.05, 4.69) is 15.6 Å². The number of carbonyl (C=O) groups is 2. The maximum absolute atomic E-state index is 11.0. The largest absolute Gasteiger partial charge is 0.478 e. The number of halogens is 1. The van der Waals surface area contributed by atoms with E-state index in [9.17, 15) is 9.59 Å². The Morgan fingerprint density at radius 1 is 1.24 bits per heavy atom. The van der Waals surface area contributed by atoms with Gasteiger partial charge in [-0.2, -0.15) is 0 Å². The van der Waals surface area contributed by atoms with Crippen molar-refractivity contribution in [2.75, 3.05) is 10.6 Å². The molecule has 1 aromatic heterocycles. The highest BCUT2D eigenvalue weighted by molar-refractivity contribution is 6.33. The number of aromatic carboxylic acids is 1. The molecule has 1 aromatic carbocycles. The van der Waals surface area contributed by atoms with Gasteiger partial charge < -0.3 is 15.7 Å². The average molecular weight is 306 g/mol. The number of carboxylic acid groups (broad SMARTS) is 1. The molecule has 0 unspecified atom stereocenters. The highest BCUT2D eigenvalue weighted by Crippen LogP contribution is 2.22. The molecule has 3 N–H and O–H groups in total. The van der Waals surface area contributed by atoms with E-state index in [1.165, 1.54) is 19.2 Å². The highest BCUT2D eigenvalue weighted by atomic mass is 35.5. The summed E-state index contributed by atoms with van der Waals surface area (Å²) in [6.45, 7) is 1.42. The zero-order chi connectivity index (χ0) is 15.4. The van der Waals surface area contributed by atoms with Crippen LogP contribution in [0.5, 0.6) is 0 Å². The smallest absolute Gasteiger partial charge is 0.337 e. The van der Waals surface area contributed by atoms with Crippen molar-refractivity contribution in [1.29, 1.82) is 0 Å². The summed E-state index contributed by atoms with van der Waals surface area (Å²) in [6.07, 6.45) is 1.27. The lowest BCUT2D eigenvalue weighted by Gasteiger charge is -2.09. The van der Waals surface area contributed by atoms with Crippen molar-refractivity contribution < 1.29 is 14.7 Å². The molecule has 2 rings (SSSR count). The number of amides is 1. The molecule has 0 atom stereocenters. The number of nitrogens with zero attached hydrogens (tertiary/aromatic N) is 1. The van der Waals surface area contributed by atoms with E-state index >= 15 is 0 Å².